The first kappa shape index (κ1) is 31.9. The molecular formula is C32H45ClN8O3S. The van der Waals surface area contributed by atoms with Gasteiger partial charge >= 0.3 is 12.1 Å². The molecule has 3 fully saturated rings. The van der Waals surface area contributed by atoms with Crippen LogP contribution in [0.25, 0.3) is 0 Å². The molecule has 0 bridgehead atoms. The number of anilines is 2. The van der Waals surface area contributed by atoms with Crippen molar-refractivity contribution < 1.29 is 14.4 Å². The van der Waals surface area contributed by atoms with Crippen LogP contribution in [0.4, 0.5) is 21.0 Å². The van der Waals surface area contributed by atoms with Crippen molar-refractivity contribution in [1.82, 2.24) is 29.8 Å². The molecule has 0 aliphatic carbocycles. The molecule has 11 nitrogen and oxygen atoms in total. The fourth-order valence-electron chi connectivity index (χ4n) is 7.15. The number of rotatable bonds is 6. The van der Waals surface area contributed by atoms with E-state index in [1.165, 1.54) is 0 Å². The fraction of sp³-hybridized carbons (Fsp3) is 0.594. The van der Waals surface area contributed by atoms with E-state index in [4.69, 9.17) is 17.3 Å². The van der Waals surface area contributed by atoms with E-state index in [1.807, 2.05) is 28.2 Å². The van der Waals surface area contributed by atoms with Gasteiger partial charge in [0.1, 0.15) is 6.04 Å². The van der Waals surface area contributed by atoms with Crippen molar-refractivity contribution in [1.29, 1.82) is 0 Å². The van der Waals surface area contributed by atoms with Gasteiger partial charge in [-0.3, -0.25) is 9.69 Å². The molecule has 1 aromatic heterocycles. The number of likely N-dealkylation sites (tertiary alicyclic amines) is 2. The summed E-state index contributed by atoms with van der Waals surface area (Å²) in [7, 11) is 2.16. The number of hydrogen-bond acceptors (Lipinski definition) is 7. The van der Waals surface area contributed by atoms with Crippen LogP contribution in [0.3, 0.4) is 0 Å². The molecule has 2 aromatic rings. The van der Waals surface area contributed by atoms with E-state index >= 15 is 0 Å². The largest absolute Gasteiger partial charge is 0.397 e. The van der Waals surface area contributed by atoms with Gasteiger partial charge in [-0.05, 0) is 62.2 Å². The van der Waals surface area contributed by atoms with Crippen molar-refractivity contribution in [2.45, 2.75) is 63.7 Å². The first-order valence-electron chi connectivity index (χ1n) is 16.1. The molecule has 0 saturated carbocycles. The molecular weight excluding hydrogens is 612 g/mol. The standard InChI is InChI=1S/C32H45ClN8O3S/c1-21-15-22(16-26(33)29(21)34)17-27(30(42)39-7-3-24(4-8-39)38-13-11-37(2)12-14-38)35-31(43)40-9-5-25(6-10-40)41-18-23-19-45-20-28(23)36-32(41)44/h15-16,19-20,24-25,27H,3-14,17-18,34H2,1-2H3,(H,35,43)(H,36,44)/t27-/m1/s1. The zero-order valence-electron chi connectivity index (χ0n) is 26.3. The van der Waals surface area contributed by atoms with Crippen LogP contribution in [0, 0.1) is 6.92 Å². The second-order valence-electron chi connectivity index (χ2n) is 13.0. The van der Waals surface area contributed by atoms with E-state index in [0.29, 0.717) is 68.7 Å². The average molecular weight is 657 g/mol. The first-order valence-corrected chi connectivity index (χ1v) is 17.4. The van der Waals surface area contributed by atoms with Gasteiger partial charge in [0.25, 0.3) is 0 Å². The lowest BCUT2D eigenvalue weighted by molar-refractivity contribution is -0.135. The van der Waals surface area contributed by atoms with Crippen LogP contribution in [-0.2, 0) is 17.8 Å². The highest BCUT2D eigenvalue weighted by Crippen LogP contribution is 2.31. The summed E-state index contributed by atoms with van der Waals surface area (Å²) in [5.74, 6) is -0.0581. The number of fused-ring (bicyclic) bond motifs is 1. The minimum atomic E-state index is -0.723. The van der Waals surface area contributed by atoms with E-state index < -0.39 is 6.04 Å². The number of benzene rings is 1. The SMILES string of the molecule is Cc1cc(C[C@@H](NC(=O)N2CCC(N3Cc4cscc4NC3=O)CC2)C(=O)N2CCC(N3CCN(C)CC3)CC2)cc(Cl)c1N. The summed E-state index contributed by atoms with van der Waals surface area (Å²) >= 11 is 8.00. The predicted octanol–water partition coefficient (Wildman–Crippen LogP) is 3.66. The summed E-state index contributed by atoms with van der Waals surface area (Å²) in [4.78, 5) is 50.9. The zero-order chi connectivity index (χ0) is 31.7. The smallest absolute Gasteiger partial charge is 0.322 e. The van der Waals surface area contributed by atoms with E-state index in [9.17, 15) is 14.4 Å². The van der Waals surface area contributed by atoms with Crippen LogP contribution >= 0.6 is 22.9 Å². The minimum Gasteiger partial charge on any atom is -0.397 e. The molecule has 6 rings (SSSR count). The molecule has 0 unspecified atom stereocenters. The van der Waals surface area contributed by atoms with Gasteiger partial charge in [0.05, 0.1) is 22.9 Å². The lowest BCUT2D eigenvalue weighted by Gasteiger charge is -2.43. The van der Waals surface area contributed by atoms with E-state index in [0.717, 1.165) is 61.4 Å². The van der Waals surface area contributed by atoms with Gasteiger partial charge in [0.15, 0.2) is 0 Å². The van der Waals surface area contributed by atoms with E-state index in [2.05, 4.69) is 32.9 Å². The second-order valence-corrected chi connectivity index (χ2v) is 14.1. The Morgan fingerprint density at radius 2 is 1.67 bits per heavy atom. The number of aryl methyl sites for hydroxylation is 1. The van der Waals surface area contributed by atoms with Crippen LogP contribution < -0.4 is 16.4 Å². The van der Waals surface area contributed by atoms with Crippen molar-refractivity contribution >= 4 is 52.3 Å². The molecule has 13 heteroatoms. The van der Waals surface area contributed by atoms with Crippen molar-refractivity contribution in [3.05, 3.63) is 44.6 Å². The number of carbonyl (C=O) groups excluding carboxylic acids is 3. The van der Waals surface area contributed by atoms with Crippen LogP contribution in [0.2, 0.25) is 5.02 Å². The molecule has 4 aliphatic heterocycles. The number of likely N-dealkylation sites (N-methyl/N-ethyl adjacent to an activating group) is 1. The molecule has 1 atom stereocenters. The number of halogens is 1. The average Bonchev–Trinajstić information content (AvgIpc) is 3.50. The molecule has 4 aliphatic rings. The number of thiophene rings is 1. The fourth-order valence-corrected chi connectivity index (χ4v) is 8.22. The van der Waals surface area contributed by atoms with Crippen LogP contribution in [-0.4, -0.2) is 120 Å². The lowest BCUT2D eigenvalue weighted by Crippen LogP contribution is -2.58. The van der Waals surface area contributed by atoms with Crippen molar-refractivity contribution in [3.8, 4) is 0 Å². The number of nitrogens with one attached hydrogen (secondary N) is 2. The summed E-state index contributed by atoms with van der Waals surface area (Å²) in [6.07, 6.45) is 3.58. The van der Waals surface area contributed by atoms with E-state index in [1.54, 1.807) is 22.3 Å². The number of piperazine rings is 1. The predicted molar refractivity (Wildman–Crippen MR) is 179 cm³/mol. The van der Waals surface area contributed by atoms with Gasteiger partial charge in [-0.2, -0.15) is 0 Å². The van der Waals surface area contributed by atoms with Gasteiger partial charge in [-0.25, -0.2) is 9.59 Å². The molecule has 5 amide bonds. The van der Waals surface area contributed by atoms with Gasteiger partial charge in [-0.1, -0.05) is 17.7 Å². The highest BCUT2D eigenvalue weighted by atomic mass is 35.5. The van der Waals surface area contributed by atoms with Crippen molar-refractivity contribution in [2.75, 3.05) is 70.5 Å². The third-order valence-corrected chi connectivity index (χ3v) is 11.1. The number of carbonyl (C=O) groups is 3. The summed E-state index contributed by atoms with van der Waals surface area (Å²) in [6, 6.07) is 3.24. The number of nitrogen functional groups attached to an aromatic ring is 1. The van der Waals surface area contributed by atoms with Crippen molar-refractivity contribution in [3.63, 3.8) is 0 Å². The molecule has 5 heterocycles. The Hall–Kier alpha value is -3.06. The topological polar surface area (TPSA) is 117 Å². The number of amides is 5. The number of hydrogen-bond donors (Lipinski definition) is 3. The van der Waals surface area contributed by atoms with Gasteiger partial charge in [-0.15, -0.1) is 11.3 Å². The van der Waals surface area contributed by atoms with Gasteiger partial charge in [0.2, 0.25) is 5.91 Å². The summed E-state index contributed by atoms with van der Waals surface area (Å²) in [5, 5.41) is 10.6. The number of nitrogens with two attached hydrogens (primary N) is 1. The second kappa shape index (κ2) is 13.7. The maximum absolute atomic E-state index is 14.0. The Morgan fingerprint density at radius 3 is 2.36 bits per heavy atom. The summed E-state index contributed by atoms with van der Waals surface area (Å²) in [6.45, 7) is 9.17. The lowest BCUT2D eigenvalue weighted by atomic mass is 9.98. The third-order valence-electron chi connectivity index (χ3n) is 10.0. The Labute approximate surface area is 274 Å². The quantitative estimate of drug-likeness (QED) is 0.409. The molecule has 1 aromatic carbocycles. The molecule has 0 spiro atoms. The van der Waals surface area contributed by atoms with Crippen LogP contribution in [0.15, 0.2) is 22.9 Å². The third kappa shape index (κ3) is 7.19. The van der Waals surface area contributed by atoms with Gasteiger partial charge in [0, 0.05) is 81.8 Å². The highest BCUT2D eigenvalue weighted by molar-refractivity contribution is 7.08. The van der Waals surface area contributed by atoms with Crippen LogP contribution in [0.1, 0.15) is 42.4 Å². The summed E-state index contributed by atoms with van der Waals surface area (Å²) < 4.78 is 0. The monoisotopic (exact) mass is 656 g/mol. The molecule has 45 heavy (non-hydrogen) atoms. The summed E-state index contributed by atoms with van der Waals surface area (Å²) in [5.41, 5.74) is 10.4. The molecule has 3 saturated heterocycles. The Morgan fingerprint density at radius 1 is 1.00 bits per heavy atom. The van der Waals surface area contributed by atoms with E-state index in [-0.39, 0.29) is 24.0 Å². The Kier molecular flexibility index (Phi) is 9.74. The molecule has 244 valence electrons. The molecule has 0 radical (unpaired) electrons. The minimum absolute atomic E-state index is 0.0565. The Bertz CT molecular complexity index is 1370. The number of piperidine rings is 2. The number of nitrogens with zero attached hydrogens (tertiary/aromatic N) is 5. The van der Waals surface area contributed by atoms with Crippen LogP contribution in [0.5, 0.6) is 0 Å². The maximum atomic E-state index is 14.0. The van der Waals surface area contributed by atoms with Crippen molar-refractivity contribution in [2.24, 2.45) is 0 Å². The maximum Gasteiger partial charge on any atom is 0.322 e. The first-order chi connectivity index (χ1) is 21.7. The zero-order valence-corrected chi connectivity index (χ0v) is 27.8. The molecule has 4 N–H and O–H groups in total. The van der Waals surface area contributed by atoms with Gasteiger partial charge < -0.3 is 36.0 Å². The Balaban J connectivity index is 1.09. The highest BCUT2D eigenvalue weighted by Gasteiger charge is 2.36. The normalized spacial score (nSPS) is 21.4. The number of urea groups is 2.